The molecule has 4 atom stereocenters. The van der Waals surface area contributed by atoms with Gasteiger partial charge in [0.1, 0.15) is 11.5 Å². The molecule has 0 aliphatic heterocycles. The van der Waals surface area contributed by atoms with Crippen LogP contribution in [0.25, 0.3) is 0 Å². The topological polar surface area (TPSA) is 58.9 Å². The minimum absolute atomic E-state index is 0.00961. The van der Waals surface area contributed by atoms with E-state index in [2.05, 4.69) is 38.1 Å². The van der Waals surface area contributed by atoms with Crippen LogP contribution in [0.1, 0.15) is 60.8 Å². The summed E-state index contributed by atoms with van der Waals surface area (Å²) in [6.45, 7) is 5.62. The third-order valence-corrected chi connectivity index (χ3v) is 6.25. The number of ether oxygens (including phenoxy) is 2. The number of fused-ring (bicyclic) bond motifs is 1. The predicted molar refractivity (Wildman–Crippen MR) is 109 cm³/mol. The number of aliphatic hydroxyl groups excluding tert-OH is 2. The van der Waals surface area contributed by atoms with Gasteiger partial charge in [-0.1, -0.05) is 38.1 Å². The molecule has 3 aliphatic carbocycles. The number of rotatable bonds is 8. The zero-order chi connectivity index (χ0) is 19.7. The monoisotopic (exact) mass is 382 g/mol. The number of benzene rings is 2. The van der Waals surface area contributed by atoms with Crippen LogP contribution in [0, 0.1) is 11.8 Å². The number of aliphatic hydroxyl groups is 2. The molecule has 28 heavy (non-hydrogen) atoms. The molecule has 150 valence electrons. The Kier molecular flexibility index (Phi) is 5.61. The highest BCUT2D eigenvalue weighted by atomic mass is 16.5. The lowest BCUT2D eigenvalue weighted by atomic mass is 9.54. The van der Waals surface area contributed by atoms with Crippen molar-refractivity contribution >= 4 is 0 Å². The summed E-state index contributed by atoms with van der Waals surface area (Å²) in [5, 5.41) is 20.5. The van der Waals surface area contributed by atoms with Gasteiger partial charge in [0, 0.05) is 36.2 Å². The summed E-state index contributed by atoms with van der Waals surface area (Å²) in [6.07, 6.45) is 1.88. The van der Waals surface area contributed by atoms with Crippen molar-refractivity contribution in [2.75, 3.05) is 26.4 Å². The second kappa shape index (κ2) is 8.14. The molecule has 0 heterocycles. The van der Waals surface area contributed by atoms with Gasteiger partial charge in [0.2, 0.25) is 0 Å². The van der Waals surface area contributed by atoms with Gasteiger partial charge in [-0.15, -0.1) is 0 Å². The van der Waals surface area contributed by atoms with E-state index in [0.29, 0.717) is 13.2 Å². The van der Waals surface area contributed by atoms with Gasteiger partial charge in [-0.05, 0) is 47.9 Å². The summed E-state index contributed by atoms with van der Waals surface area (Å²) in [6, 6.07) is 12.5. The lowest BCUT2D eigenvalue weighted by Crippen LogP contribution is -2.43. The Morgan fingerprint density at radius 2 is 1.14 bits per heavy atom. The van der Waals surface area contributed by atoms with Gasteiger partial charge < -0.3 is 19.7 Å². The minimum Gasteiger partial charge on any atom is -0.493 e. The van der Waals surface area contributed by atoms with E-state index in [1.54, 1.807) is 0 Å². The normalized spacial score (nSPS) is 24.6. The van der Waals surface area contributed by atoms with Crippen LogP contribution in [0.3, 0.4) is 0 Å². The van der Waals surface area contributed by atoms with Gasteiger partial charge in [-0.3, -0.25) is 0 Å². The molecule has 5 rings (SSSR count). The highest BCUT2D eigenvalue weighted by Crippen LogP contribution is 2.62. The van der Waals surface area contributed by atoms with Crippen molar-refractivity contribution in [1.29, 1.82) is 0 Å². The van der Waals surface area contributed by atoms with Gasteiger partial charge in [0.15, 0.2) is 0 Å². The molecule has 4 heteroatoms. The smallest absolute Gasteiger partial charge is 0.123 e. The zero-order valence-electron chi connectivity index (χ0n) is 16.7. The standard InChI is InChI=1S/C24H30O4/c1-3-11-27-19-9-10-20(28-12-4-2)24-22-16-8-6-5-7-15(16)21(23(19)24)17(13-25)18(22)14-26/h5-10,17-18,21-22,25-26H,3-4,11-14H2,1-2H3/t17-,18+,21+,22-. The van der Waals surface area contributed by atoms with Crippen LogP contribution in [-0.2, 0) is 0 Å². The Bertz CT molecular complexity index is 763. The molecule has 0 fully saturated rings. The lowest BCUT2D eigenvalue weighted by molar-refractivity contribution is 0.0783. The Labute approximate surface area is 167 Å². The van der Waals surface area contributed by atoms with Crippen molar-refractivity contribution < 1.29 is 19.7 Å². The van der Waals surface area contributed by atoms with Crippen molar-refractivity contribution in [2.24, 2.45) is 11.8 Å². The quantitative estimate of drug-likeness (QED) is 0.722. The van der Waals surface area contributed by atoms with Crippen molar-refractivity contribution in [1.82, 2.24) is 0 Å². The fraction of sp³-hybridized carbons (Fsp3) is 0.500. The molecule has 0 saturated carbocycles. The fourth-order valence-electron chi connectivity index (χ4n) is 5.17. The van der Waals surface area contributed by atoms with Gasteiger partial charge in [0.05, 0.1) is 13.2 Å². The van der Waals surface area contributed by atoms with Gasteiger partial charge >= 0.3 is 0 Å². The van der Waals surface area contributed by atoms with E-state index in [4.69, 9.17) is 9.47 Å². The van der Waals surface area contributed by atoms with E-state index < -0.39 is 0 Å². The van der Waals surface area contributed by atoms with E-state index in [9.17, 15) is 10.2 Å². The Morgan fingerprint density at radius 3 is 1.50 bits per heavy atom. The maximum absolute atomic E-state index is 10.3. The van der Waals surface area contributed by atoms with E-state index in [1.165, 1.54) is 11.1 Å². The zero-order valence-corrected chi connectivity index (χ0v) is 16.7. The molecule has 2 bridgehead atoms. The second-order valence-electron chi connectivity index (χ2n) is 7.86. The Morgan fingerprint density at radius 1 is 0.714 bits per heavy atom. The molecule has 0 unspecified atom stereocenters. The van der Waals surface area contributed by atoms with Crippen LogP contribution in [0.4, 0.5) is 0 Å². The molecule has 0 amide bonds. The first-order chi connectivity index (χ1) is 13.8. The molecule has 2 aromatic carbocycles. The molecule has 2 N–H and O–H groups in total. The summed E-state index contributed by atoms with van der Waals surface area (Å²) in [5.74, 6) is 1.75. The van der Waals surface area contributed by atoms with Crippen molar-refractivity contribution in [3.05, 3.63) is 58.7 Å². The third kappa shape index (κ3) is 2.90. The van der Waals surface area contributed by atoms with E-state index in [0.717, 1.165) is 35.5 Å². The molecule has 0 spiro atoms. The summed E-state index contributed by atoms with van der Waals surface area (Å²) in [4.78, 5) is 0. The highest BCUT2D eigenvalue weighted by molar-refractivity contribution is 5.65. The van der Waals surface area contributed by atoms with Gasteiger partial charge in [-0.2, -0.15) is 0 Å². The SMILES string of the molecule is CCCOc1ccc(OCCC)c2c1[C@@H]1c3ccccc3[C@H]2[C@H](CO)[C@@H]1CO. The van der Waals surface area contributed by atoms with Crippen molar-refractivity contribution in [3.8, 4) is 11.5 Å². The average Bonchev–Trinajstić information content (AvgIpc) is 2.75. The third-order valence-electron chi connectivity index (χ3n) is 6.25. The average molecular weight is 383 g/mol. The van der Waals surface area contributed by atoms with Crippen LogP contribution in [0.15, 0.2) is 36.4 Å². The van der Waals surface area contributed by atoms with E-state index in [1.807, 2.05) is 12.1 Å². The predicted octanol–water partition coefficient (Wildman–Crippen LogP) is 4.07. The summed E-state index contributed by atoms with van der Waals surface area (Å²) >= 11 is 0. The van der Waals surface area contributed by atoms with Crippen molar-refractivity contribution in [3.63, 3.8) is 0 Å². The maximum atomic E-state index is 10.3. The molecule has 3 aliphatic rings. The van der Waals surface area contributed by atoms with Crippen LogP contribution in [0.2, 0.25) is 0 Å². The molecule has 0 radical (unpaired) electrons. The van der Waals surface area contributed by atoms with E-state index in [-0.39, 0.29) is 36.9 Å². The molecular weight excluding hydrogens is 352 g/mol. The molecule has 2 aromatic rings. The second-order valence-corrected chi connectivity index (χ2v) is 7.86. The Balaban J connectivity index is 1.95. The Hall–Kier alpha value is -2.04. The van der Waals surface area contributed by atoms with E-state index >= 15 is 0 Å². The summed E-state index contributed by atoms with van der Waals surface area (Å²) in [7, 11) is 0. The summed E-state index contributed by atoms with van der Waals surface area (Å²) in [5.41, 5.74) is 4.79. The van der Waals surface area contributed by atoms with Crippen LogP contribution in [-0.4, -0.2) is 36.6 Å². The first-order valence-electron chi connectivity index (χ1n) is 10.5. The molecule has 4 nitrogen and oxygen atoms in total. The molecular formula is C24H30O4. The molecule has 0 aromatic heterocycles. The summed E-state index contributed by atoms with van der Waals surface area (Å²) < 4.78 is 12.3. The molecule has 0 saturated heterocycles. The minimum atomic E-state index is -0.0252. The largest absolute Gasteiger partial charge is 0.493 e. The highest BCUT2D eigenvalue weighted by Gasteiger charge is 2.51. The first-order valence-corrected chi connectivity index (χ1v) is 10.5. The maximum Gasteiger partial charge on any atom is 0.123 e. The number of hydrogen-bond donors (Lipinski definition) is 2. The first kappa shape index (κ1) is 19.3. The fourth-order valence-corrected chi connectivity index (χ4v) is 5.17. The van der Waals surface area contributed by atoms with Gasteiger partial charge in [0.25, 0.3) is 0 Å². The van der Waals surface area contributed by atoms with Crippen molar-refractivity contribution in [2.45, 2.75) is 38.5 Å². The van der Waals surface area contributed by atoms with Gasteiger partial charge in [-0.25, -0.2) is 0 Å². The van der Waals surface area contributed by atoms with Crippen LogP contribution in [0.5, 0.6) is 11.5 Å². The number of hydrogen-bond acceptors (Lipinski definition) is 4. The van der Waals surface area contributed by atoms with Crippen LogP contribution >= 0.6 is 0 Å². The van der Waals surface area contributed by atoms with Crippen LogP contribution < -0.4 is 9.47 Å². The lowest BCUT2D eigenvalue weighted by Gasteiger charge is -2.50.